The van der Waals surface area contributed by atoms with Gasteiger partial charge in [0.2, 0.25) is 0 Å². The second-order valence-corrected chi connectivity index (χ2v) is 6.34. The topological polar surface area (TPSA) is 95.1 Å². The number of aliphatic hydroxyl groups excluding tert-OH is 1. The monoisotopic (exact) mass is 295 g/mol. The molecule has 0 atom stereocenters. The van der Waals surface area contributed by atoms with Crippen molar-refractivity contribution in [1.82, 2.24) is 10.2 Å². The van der Waals surface area contributed by atoms with Crippen molar-refractivity contribution in [2.24, 2.45) is 0 Å². The first-order valence-electron chi connectivity index (χ1n) is 6.10. The third kappa shape index (κ3) is 2.68. The number of sulfonamides is 1. The average Bonchev–Trinajstić information content (AvgIpc) is 2.70. The van der Waals surface area contributed by atoms with E-state index in [1.807, 2.05) is 6.92 Å². The van der Waals surface area contributed by atoms with E-state index in [2.05, 4.69) is 14.9 Å². The molecule has 0 spiro atoms. The zero-order valence-corrected chi connectivity index (χ0v) is 12.4. The van der Waals surface area contributed by atoms with Crippen LogP contribution in [0.5, 0.6) is 0 Å². The first-order chi connectivity index (χ1) is 9.35. The predicted octanol–water partition coefficient (Wildman–Crippen LogP) is 1.63. The molecule has 0 fully saturated rings. The van der Waals surface area contributed by atoms with Gasteiger partial charge in [0, 0.05) is 0 Å². The number of anilines is 1. The van der Waals surface area contributed by atoms with Crippen LogP contribution in [0.3, 0.4) is 0 Å². The minimum Gasteiger partial charge on any atom is -0.392 e. The Kier molecular flexibility index (Phi) is 3.82. The van der Waals surface area contributed by atoms with Gasteiger partial charge in [0.25, 0.3) is 10.0 Å². The standard InChI is InChI=1S/C13H17N3O3S/c1-8-4-5-12(6-11(8)7-17)20(18,19)16-13-9(2)14-15-10(13)3/h4-6,16-17H,7H2,1-3H3,(H,14,15). The lowest BCUT2D eigenvalue weighted by Crippen LogP contribution is -2.14. The van der Waals surface area contributed by atoms with Crippen LogP contribution in [-0.4, -0.2) is 23.7 Å². The van der Waals surface area contributed by atoms with Crippen LogP contribution in [0.15, 0.2) is 23.1 Å². The van der Waals surface area contributed by atoms with Crippen molar-refractivity contribution in [3.63, 3.8) is 0 Å². The molecule has 0 bridgehead atoms. The van der Waals surface area contributed by atoms with Crippen molar-refractivity contribution in [2.75, 3.05) is 4.72 Å². The van der Waals surface area contributed by atoms with Crippen molar-refractivity contribution in [3.8, 4) is 0 Å². The van der Waals surface area contributed by atoms with Crippen LogP contribution in [-0.2, 0) is 16.6 Å². The van der Waals surface area contributed by atoms with Crippen LogP contribution in [0.1, 0.15) is 22.5 Å². The fourth-order valence-electron chi connectivity index (χ4n) is 1.88. The highest BCUT2D eigenvalue weighted by Crippen LogP contribution is 2.22. The molecule has 3 N–H and O–H groups in total. The number of hydrogen-bond donors (Lipinski definition) is 3. The van der Waals surface area contributed by atoms with Crippen molar-refractivity contribution >= 4 is 15.7 Å². The van der Waals surface area contributed by atoms with Gasteiger partial charge < -0.3 is 5.11 Å². The molecule has 1 heterocycles. The molecule has 1 aromatic heterocycles. The maximum absolute atomic E-state index is 12.3. The smallest absolute Gasteiger partial charge is 0.262 e. The Morgan fingerprint density at radius 2 is 2.00 bits per heavy atom. The zero-order valence-electron chi connectivity index (χ0n) is 11.6. The van der Waals surface area contributed by atoms with Crippen LogP contribution in [0.2, 0.25) is 0 Å². The molecular formula is C13H17N3O3S. The molecule has 6 nitrogen and oxygen atoms in total. The minimum absolute atomic E-state index is 0.118. The molecule has 7 heteroatoms. The summed E-state index contributed by atoms with van der Waals surface area (Å²) in [6.45, 7) is 5.08. The number of hydrogen-bond acceptors (Lipinski definition) is 4. The Morgan fingerprint density at radius 3 is 2.55 bits per heavy atom. The van der Waals surface area contributed by atoms with Gasteiger partial charge in [-0.05, 0) is 44.0 Å². The average molecular weight is 295 g/mol. The Balaban J connectivity index is 2.41. The number of aromatic amines is 1. The number of benzene rings is 1. The van der Waals surface area contributed by atoms with Crippen molar-refractivity contribution in [3.05, 3.63) is 40.7 Å². The van der Waals surface area contributed by atoms with Crippen LogP contribution in [0.25, 0.3) is 0 Å². The number of aliphatic hydroxyl groups is 1. The fraction of sp³-hybridized carbons (Fsp3) is 0.308. The number of H-pyrrole nitrogens is 1. The lowest BCUT2D eigenvalue weighted by molar-refractivity contribution is 0.281. The largest absolute Gasteiger partial charge is 0.392 e. The lowest BCUT2D eigenvalue weighted by Gasteiger charge is -2.10. The van der Waals surface area contributed by atoms with E-state index in [0.29, 0.717) is 22.6 Å². The highest BCUT2D eigenvalue weighted by Gasteiger charge is 2.18. The van der Waals surface area contributed by atoms with Gasteiger partial charge in [0.15, 0.2) is 0 Å². The maximum atomic E-state index is 12.3. The van der Waals surface area contributed by atoms with Gasteiger partial charge in [-0.3, -0.25) is 9.82 Å². The van der Waals surface area contributed by atoms with Gasteiger partial charge in [-0.1, -0.05) is 6.07 Å². The summed E-state index contributed by atoms with van der Waals surface area (Å²) < 4.78 is 27.2. The Labute approximate surface area is 117 Å². The molecule has 0 aliphatic heterocycles. The second kappa shape index (κ2) is 5.26. The molecular weight excluding hydrogens is 278 g/mol. The molecule has 1 aromatic carbocycles. The molecule has 0 unspecified atom stereocenters. The minimum atomic E-state index is -3.70. The highest BCUT2D eigenvalue weighted by atomic mass is 32.2. The predicted molar refractivity (Wildman–Crippen MR) is 76.0 cm³/mol. The van der Waals surface area contributed by atoms with Gasteiger partial charge in [-0.25, -0.2) is 8.42 Å². The van der Waals surface area contributed by atoms with Crippen molar-refractivity contribution in [1.29, 1.82) is 0 Å². The van der Waals surface area contributed by atoms with E-state index in [9.17, 15) is 13.5 Å². The first kappa shape index (κ1) is 14.5. The summed E-state index contributed by atoms with van der Waals surface area (Å²) >= 11 is 0. The van der Waals surface area contributed by atoms with Gasteiger partial charge in [0.05, 0.1) is 28.6 Å². The SMILES string of the molecule is Cc1ccc(S(=O)(=O)Nc2c(C)n[nH]c2C)cc1CO. The first-order valence-corrected chi connectivity index (χ1v) is 7.58. The molecule has 0 amide bonds. The van der Waals surface area contributed by atoms with E-state index in [1.54, 1.807) is 19.9 Å². The third-order valence-corrected chi connectivity index (χ3v) is 4.51. The molecule has 0 aliphatic rings. The molecule has 2 rings (SSSR count). The van der Waals surface area contributed by atoms with E-state index in [0.717, 1.165) is 5.56 Å². The van der Waals surface area contributed by atoms with E-state index >= 15 is 0 Å². The molecule has 108 valence electrons. The van der Waals surface area contributed by atoms with Crippen LogP contribution >= 0.6 is 0 Å². The number of nitrogens with one attached hydrogen (secondary N) is 2. The summed E-state index contributed by atoms with van der Waals surface area (Å²) in [5.74, 6) is 0. The molecule has 2 aromatic rings. The van der Waals surface area contributed by atoms with Gasteiger partial charge in [-0.2, -0.15) is 5.10 Å². The second-order valence-electron chi connectivity index (χ2n) is 4.66. The Morgan fingerprint density at radius 1 is 1.30 bits per heavy atom. The Bertz CT molecular complexity index is 716. The van der Waals surface area contributed by atoms with E-state index in [-0.39, 0.29) is 11.5 Å². The van der Waals surface area contributed by atoms with Gasteiger partial charge in [0.1, 0.15) is 0 Å². The van der Waals surface area contributed by atoms with Gasteiger partial charge in [-0.15, -0.1) is 0 Å². The maximum Gasteiger partial charge on any atom is 0.262 e. The quantitative estimate of drug-likeness (QED) is 0.799. The fourth-order valence-corrected chi connectivity index (χ4v) is 3.11. The van der Waals surface area contributed by atoms with E-state index in [1.165, 1.54) is 12.1 Å². The molecule has 0 aliphatic carbocycles. The van der Waals surface area contributed by atoms with Crippen LogP contribution in [0.4, 0.5) is 5.69 Å². The summed E-state index contributed by atoms with van der Waals surface area (Å²) in [4.78, 5) is 0.118. The molecule has 0 saturated carbocycles. The summed E-state index contributed by atoms with van der Waals surface area (Å²) in [7, 11) is -3.70. The highest BCUT2D eigenvalue weighted by molar-refractivity contribution is 7.92. The molecule has 20 heavy (non-hydrogen) atoms. The molecule has 0 saturated heterocycles. The third-order valence-electron chi connectivity index (χ3n) is 3.17. The van der Waals surface area contributed by atoms with Gasteiger partial charge >= 0.3 is 0 Å². The van der Waals surface area contributed by atoms with Crippen LogP contribution in [0, 0.1) is 20.8 Å². The normalized spacial score (nSPS) is 11.6. The Hall–Kier alpha value is -1.86. The number of rotatable bonds is 4. The summed E-state index contributed by atoms with van der Waals surface area (Å²) in [6.07, 6.45) is 0. The van der Waals surface area contributed by atoms with E-state index < -0.39 is 10.0 Å². The van der Waals surface area contributed by atoms with Crippen LogP contribution < -0.4 is 4.72 Å². The number of aryl methyl sites for hydroxylation is 3. The summed E-state index contributed by atoms with van der Waals surface area (Å²) in [5, 5.41) is 15.9. The summed E-state index contributed by atoms with van der Waals surface area (Å²) in [5.41, 5.74) is 3.13. The zero-order chi connectivity index (χ0) is 14.9. The molecule has 0 radical (unpaired) electrons. The van der Waals surface area contributed by atoms with Crippen molar-refractivity contribution < 1.29 is 13.5 Å². The number of nitrogens with zero attached hydrogens (tertiary/aromatic N) is 1. The van der Waals surface area contributed by atoms with E-state index in [4.69, 9.17) is 0 Å². The lowest BCUT2D eigenvalue weighted by atomic mass is 10.1. The van der Waals surface area contributed by atoms with Crippen molar-refractivity contribution in [2.45, 2.75) is 32.3 Å². The number of aromatic nitrogens is 2. The summed E-state index contributed by atoms with van der Waals surface area (Å²) in [6, 6.07) is 4.67.